The van der Waals surface area contributed by atoms with Crippen molar-refractivity contribution in [2.45, 2.75) is 63.8 Å². The molecule has 0 saturated carbocycles. The summed E-state index contributed by atoms with van der Waals surface area (Å²) >= 11 is 0. The molecule has 1 aliphatic rings. The molecule has 188 valence electrons. The molecule has 0 saturated heterocycles. The van der Waals surface area contributed by atoms with Crippen LogP contribution < -0.4 is 0 Å². The first-order valence-electron chi connectivity index (χ1n) is 11.6. The van der Waals surface area contributed by atoms with Crippen molar-refractivity contribution in [3.05, 3.63) is 41.7 Å². The Morgan fingerprint density at radius 1 is 1.29 bits per heavy atom. The summed E-state index contributed by atoms with van der Waals surface area (Å²) in [7, 11) is -2.19. The molecule has 3 rings (SSSR count). The lowest BCUT2D eigenvalue weighted by molar-refractivity contribution is -0.136. The fraction of sp³-hybridized carbons (Fsp3) is 0.609. The zero-order chi connectivity index (χ0) is 24.9. The van der Waals surface area contributed by atoms with Gasteiger partial charge in [-0.2, -0.15) is 4.31 Å². The molecule has 0 fully saturated rings. The number of aliphatic hydroxyl groups is 1. The van der Waals surface area contributed by atoms with E-state index in [1.165, 1.54) is 11.4 Å². The summed E-state index contributed by atoms with van der Waals surface area (Å²) in [5.41, 5.74) is 1.62. The van der Waals surface area contributed by atoms with Crippen molar-refractivity contribution < 1.29 is 23.1 Å². The average molecular weight is 494 g/mol. The van der Waals surface area contributed by atoms with Gasteiger partial charge in [0.1, 0.15) is 5.69 Å². The number of nitrogens with zero attached hydrogens (tertiary/aromatic N) is 5. The SMILES string of the molecule is Cc1ccc(S(=O)(=O)N(C)C[C@H]2OCc3cn(nn3)CCCC(=O)N([C@@H](C)CO)C[C@H]2C)cc1. The van der Waals surface area contributed by atoms with Crippen LogP contribution in [0.3, 0.4) is 0 Å². The van der Waals surface area contributed by atoms with Gasteiger partial charge in [0, 0.05) is 39.0 Å². The first kappa shape index (κ1) is 26.3. The maximum Gasteiger partial charge on any atom is 0.242 e. The Labute approximate surface area is 201 Å². The highest BCUT2D eigenvalue weighted by molar-refractivity contribution is 7.89. The average Bonchev–Trinajstić information content (AvgIpc) is 3.26. The van der Waals surface area contributed by atoms with E-state index in [1.54, 1.807) is 47.0 Å². The minimum absolute atomic E-state index is 0.0626. The number of hydrogen-bond acceptors (Lipinski definition) is 7. The Kier molecular flexibility index (Phi) is 8.80. The molecular weight excluding hydrogens is 458 g/mol. The van der Waals surface area contributed by atoms with Crippen LogP contribution in [0.2, 0.25) is 0 Å². The number of carbonyl (C=O) groups excluding carboxylic acids is 1. The van der Waals surface area contributed by atoms with Crippen molar-refractivity contribution in [2.24, 2.45) is 5.92 Å². The van der Waals surface area contributed by atoms with Gasteiger partial charge in [0.25, 0.3) is 0 Å². The lowest BCUT2D eigenvalue weighted by atomic mass is 10.0. The quantitative estimate of drug-likeness (QED) is 0.647. The third-order valence-electron chi connectivity index (χ3n) is 6.21. The Balaban J connectivity index is 1.85. The summed E-state index contributed by atoms with van der Waals surface area (Å²) in [5.74, 6) is -0.267. The molecule has 11 heteroatoms. The molecule has 3 atom stereocenters. The van der Waals surface area contributed by atoms with Gasteiger partial charge in [0.15, 0.2) is 0 Å². The minimum Gasteiger partial charge on any atom is -0.394 e. The summed E-state index contributed by atoms with van der Waals surface area (Å²) in [4.78, 5) is 14.8. The molecule has 34 heavy (non-hydrogen) atoms. The van der Waals surface area contributed by atoms with Crippen LogP contribution in [0.5, 0.6) is 0 Å². The largest absolute Gasteiger partial charge is 0.394 e. The summed E-state index contributed by atoms with van der Waals surface area (Å²) in [6, 6.07) is 6.37. The topological polar surface area (TPSA) is 118 Å². The first-order chi connectivity index (χ1) is 16.1. The van der Waals surface area contributed by atoms with Crippen LogP contribution >= 0.6 is 0 Å². The number of rotatable bonds is 6. The number of hydrogen-bond donors (Lipinski definition) is 1. The monoisotopic (exact) mass is 493 g/mol. The predicted octanol–water partition coefficient (Wildman–Crippen LogP) is 1.43. The zero-order valence-corrected chi connectivity index (χ0v) is 21.1. The molecule has 2 bridgehead atoms. The van der Waals surface area contributed by atoms with E-state index in [0.717, 1.165) is 5.56 Å². The molecule has 1 aliphatic heterocycles. The number of carbonyl (C=O) groups is 1. The van der Waals surface area contributed by atoms with Gasteiger partial charge in [-0.15, -0.1) is 5.10 Å². The van der Waals surface area contributed by atoms with E-state index in [4.69, 9.17) is 4.74 Å². The fourth-order valence-corrected chi connectivity index (χ4v) is 5.12. The first-order valence-corrected chi connectivity index (χ1v) is 13.0. The lowest BCUT2D eigenvalue weighted by Gasteiger charge is -2.35. The molecule has 0 aliphatic carbocycles. The van der Waals surface area contributed by atoms with Crippen LogP contribution in [-0.2, 0) is 32.7 Å². The smallest absolute Gasteiger partial charge is 0.242 e. The fourth-order valence-electron chi connectivity index (χ4n) is 3.93. The van der Waals surface area contributed by atoms with Crippen LogP contribution in [0.4, 0.5) is 0 Å². The summed E-state index contributed by atoms with van der Waals surface area (Å²) in [6.07, 6.45) is 2.19. The highest BCUT2D eigenvalue weighted by Gasteiger charge is 2.31. The molecule has 2 heterocycles. The van der Waals surface area contributed by atoms with Gasteiger partial charge in [-0.25, -0.2) is 8.42 Å². The Morgan fingerprint density at radius 2 is 2.00 bits per heavy atom. The molecular formula is C23H35N5O5S. The number of aliphatic hydroxyl groups excluding tert-OH is 1. The molecule has 2 aromatic rings. The third-order valence-corrected chi connectivity index (χ3v) is 8.05. The number of ether oxygens (including phenoxy) is 1. The van der Waals surface area contributed by atoms with Crippen molar-refractivity contribution in [3.8, 4) is 0 Å². The van der Waals surface area contributed by atoms with Gasteiger partial charge in [-0.05, 0) is 32.4 Å². The Morgan fingerprint density at radius 3 is 2.68 bits per heavy atom. The number of benzene rings is 1. The summed E-state index contributed by atoms with van der Waals surface area (Å²) in [6.45, 7) is 6.65. The molecule has 0 radical (unpaired) electrons. The zero-order valence-electron chi connectivity index (χ0n) is 20.3. The number of aryl methyl sites for hydroxylation is 2. The van der Waals surface area contributed by atoms with Gasteiger partial charge in [-0.1, -0.05) is 29.8 Å². The van der Waals surface area contributed by atoms with Gasteiger partial charge in [-0.3, -0.25) is 9.48 Å². The molecule has 1 amide bonds. The lowest BCUT2D eigenvalue weighted by Crippen LogP contribution is -2.47. The highest BCUT2D eigenvalue weighted by atomic mass is 32.2. The summed E-state index contributed by atoms with van der Waals surface area (Å²) in [5, 5.41) is 17.9. The van der Waals surface area contributed by atoms with Crippen molar-refractivity contribution in [2.75, 3.05) is 26.7 Å². The van der Waals surface area contributed by atoms with Gasteiger partial charge in [0.05, 0.1) is 36.5 Å². The Bertz CT molecular complexity index is 1060. The summed E-state index contributed by atoms with van der Waals surface area (Å²) < 4.78 is 35.5. The minimum atomic E-state index is -3.72. The predicted molar refractivity (Wildman–Crippen MR) is 126 cm³/mol. The third kappa shape index (κ3) is 6.41. The van der Waals surface area contributed by atoms with Crippen molar-refractivity contribution in [3.63, 3.8) is 0 Å². The molecule has 0 spiro atoms. The number of aromatic nitrogens is 3. The molecule has 1 aromatic carbocycles. The second kappa shape index (κ2) is 11.4. The van der Waals surface area contributed by atoms with Crippen LogP contribution in [0.15, 0.2) is 35.4 Å². The van der Waals surface area contributed by atoms with E-state index in [0.29, 0.717) is 31.6 Å². The molecule has 1 aromatic heterocycles. The Hall–Kier alpha value is -2.34. The van der Waals surface area contributed by atoms with Crippen LogP contribution in [0.25, 0.3) is 0 Å². The highest BCUT2D eigenvalue weighted by Crippen LogP contribution is 2.21. The van der Waals surface area contributed by atoms with Crippen LogP contribution in [-0.4, -0.2) is 82.5 Å². The van der Waals surface area contributed by atoms with E-state index in [1.807, 2.05) is 13.8 Å². The van der Waals surface area contributed by atoms with Crippen LogP contribution in [0.1, 0.15) is 37.9 Å². The molecule has 10 nitrogen and oxygen atoms in total. The normalized spacial score (nSPS) is 21.6. The van der Waals surface area contributed by atoms with Crippen molar-refractivity contribution in [1.29, 1.82) is 0 Å². The maximum absolute atomic E-state index is 13.2. The number of sulfonamides is 1. The van der Waals surface area contributed by atoms with E-state index in [9.17, 15) is 18.3 Å². The number of likely N-dealkylation sites (N-methyl/N-ethyl adjacent to an activating group) is 1. The molecule has 0 unspecified atom stereocenters. The second-order valence-corrected chi connectivity index (χ2v) is 11.1. The van der Waals surface area contributed by atoms with Crippen LogP contribution in [0, 0.1) is 12.8 Å². The van der Waals surface area contributed by atoms with E-state index in [2.05, 4.69) is 10.3 Å². The van der Waals surface area contributed by atoms with E-state index < -0.39 is 16.1 Å². The standard InChI is InChI=1S/C23H35N5O5S/c1-17-7-9-21(10-8-17)34(31,32)26(4)14-22-18(2)12-28(19(3)15-29)23(30)6-5-11-27-13-20(16-33-22)24-25-27/h7-10,13,18-19,22,29H,5-6,11-12,14-16H2,1-4H3/t18-,19+,22-/m1/s1. The van der Waals surface area contributed by atoms with E-state index in [-0.39, 0.29) is 42.5 Å². The molecule has 1 N–H and O–H groups in total. The number of amides is 1. The van der Waals surface area contributed by atoms with Gasteiger partial charge < -0.3 is 14.7 Å². The van der Waals surface area contributed by atoms with Crippen molar-refractivity contribution >= 4 is 15.9 Å². The van der Waals surface area contributed by atoms with Gasteiger partial charge in [0.2, 0.25) is 15.9 Å². The second-order valence-electron chi connectivity index (χ2n) is 9.08. The van der Waals surface area contributed by atoms with Crippen molar-refractivity contribution in [1.82, 2.24) is 24.2 Å². The maximum atomic E-state index is 13.2. The van der Waals surface area contributed by atoms with E-state index >= 15 is 0 Å². The van der Waals surface area contributed by atoms with Gasteiger partial charge >= 0.3 is 0 Å². The number of fused-ring (bicyclic) bond motifs is 2.